The molecule has 0 aliphatic rings. The van der Waals surface area contributed by atoms with E-state index in [0.29, 0.717) is 5.56 Å². The van der Waals surface area contributed by atoms with Crippen LogP contribution >= 0.6 is 7.60 Å². The van der Waals surface area contributed by atoms with Gasteiger partial charge in [-0.25, -0.2) is 0 Å². The maximum absolute atomic E-state index is 14.5. The van der Waals surface area contributed by atoms with E-state index in [1.165, 1.54) is 26.0 Å². The van der Waals surface area contributed by atoms with Crippen LogP contribution in [-0.2, 0) is 30.5 Å². The molecule has 0 aliphatic heterocycles. The first-order valence-electron chi connectivity index (χ1n) is 7.02. The molecule has 9 heteroatoms. The fourth-order valence-corrected chi connectivity index (χ4v) is 3.42. The minimum Gasteiger partial charge on any atom is -0.480 e. The number of benzene rings is 1. The van der Waals surface area contributed by atoms with E-state index in [1.54, 1.807) is 0 Å². The summed E-state index contributed by atoms with van der Waals surface area (Å²) in [6.07, 6.45) is -0.00420. The van der Waals surface area contributed by atoms with Gasteiger partial charge in [0.1, 0.15) is 6.04 Å². The summed E-state index contributed by atoms with van der Waals surface area (Å²) >= 11 is 0. The zero-order chi connectivity index (χ0) is 17.7. The van der Waals surface area contributed by atoms with Crippen molar-refractivity contribution in [2.45, 2.75) is 32.0 Å². The minimum atomic E-state index is -4.65. The van der Waals surface area contributed by atoms with Crippen molar-refractivity contribution in [2.75, 3.05) is 13.2 Å². The van der Waals surface area contributed by atoms with Crippen LogP contribution < -0.4 is 5.73 Å². The highest BCUT2D eigenvalue weighted by Crippen LogP contribution is 2.66. The second kappa shape index (κ2) is 7.97. The van der Waals surface area contributed by atoms with Crippen molar-refractivity contribution in [3.8, 4) is 0 Å². The Hall–Kier alpha value is -1.34. The molecule has 130 valence electrons. The Morgan fingerprint density at radius 3 is 2.13 bits per heavy atom. The molecule has 1 atom stereocenters. The Morgan fingerprint density at radius 2 is 1.74 bits per heavy atom. The van der Waals surface area contributed by atoms with Gasteiger partial charge in [0.2, 0.25) is 0 Å². The van der Waals surface area contributed by atoms with Crippen LogP contribution in [0.4, 0.5) is 8.78 Å². The molecule has 0 heterocycles. The highest BCUT2D eigenvalue weighted by molar-refractivity contribution is 7.54. The number of carbonyl (C=O) groups is 1. The largest absolute Gasteiger partial charge is 0.480 e. The van der Waals surface area contributed by atoms with Crippen LogP contribution in [0, 0.1) is 0 Å². The third-order valence-corrected chi connectivity index (χ3v) is 5.16. The summed E-state index contributed by atoms with van der Waals surface area (Å²) in [5.74, 6) is -1.18. The molecule has 0 fully saturated rings. The average molecular weight is 351 g/mol. The van der Waals surface area contributed by atoms with Gasteiger partial charge in [-0.1, -0.05) is 24.3 Å². The van der Waals surface area contributed by atoms with E-state index >= 15 is 0 Å². The fraction of sp³-hybridized carbons (Fsp3) is 0.500. The van der Waals surface area contributed by atoms with Crippen LogP contribution in [0.1, 0.15) is 25.0 Å². The van der Waals surface area contributed by atoms with Gasteiger partial charge in [0.05, 0.1) is 13.2 Å². The molecule has 0 amide bonds. The zero-order valence-electron chi connectivity index (χ0n) is 12.9. The first-order valence-corrected chi connectivity index (χ1v) is 8.57. The first kappa shape index (κ1) is 19.7. The Balaban J connectivity index is 3.04. The van der Waals surface area contributed by atoms with Crippen molar-refractivity contribution in [1.82, 2.24) is 0 Å². The average Bonchev–Trinajstić information content (AvgIpc) is 2.48. The first-order chi connectivity index (χ1) is 10.7. The smallest absolute Gasteiger partial charge is 0.404 e. The van der Waals surface area contributed by atoms with E-state index in [4.69, 9.17) is 19.9 Å². The van der Waals surface area contributed by atoms with E-state index in [9.17, 15) is 18.1 Å². The van der Waals surface area contributed by atoms with Crippen molar-refractivity contribution in [3.63, 3.8) is 0 Å². The van der Waals surface area contributed by atoms with Gasteiger partial charge in [0, 0.05) is 5.56 Å². The maximum atomic E-state index is 14.5. The number of nitrogens with two attached hydrogens (primary N) is 1. The lowest BCUT2D eigenvalue weighted by Gasteiger charge is -2.26. The molecule has 0 bridgehead atoms. The lowest BCUT2D eigenvalue weighted by molar-refractivity contribution is -0.138. The molecular weight excluding hydrogens is 331 g/mol. The standard InChI is InChI=1S/C14H20F2NO5P/c1-3-21-23(20,22-4-2)14(15,16)11-7-5-10(6-8-11)9-12(17)13(18)19/h5-8,12H,3-4,9,17H2,1-2H3,(H,18,19)/t12-/m0/s1. The summed E-state index contributed by atoms with van der Waals surface area (Å²) in [6.45, 7) is 2.52. The Labute approximate surface area is 133 Å². The lowest BCUT2D eigenvalue weighted by atomic mass is 10.0. The summed E-state index contributed by atoms with van der Waals surface area (Å²) in [6, 6.07) is 3.63. The predicted octanol–water partition coefficient (Wildman–Crippen LogP) is 2.96. The van der Waals surface area contributed by atoms with Gasteiger partial charge in [0.15, 0.2) is 0 Å². The molecule has 0 saturated carbocycles. The SMILES string of the molecule is CCOP(=O)(OCC)C(F)(F)c1ccc(C[C@H](N)C(=O)O)cc1. The number of halogens is 2. The highest BCUT2D eigenvalue weighted by Gasteiger charge is 2.54. The number of rotatable bonds is 9. The summed E-state index contributed by atoms with van der Waals surface area (Å²) in [7, 11) is -4.65. The molecule has 0 aliphatic carbocycles. The lowest BCUT2D eigenvalue weighted by Crippen LogP contribution is -2.32. The van der Waals surface area contributed by atoms with Gasteiger partial charge in [-0.15, -0.1) is 0 Å². The van der Waals surface area contributed by atoms with Crippen molar-refractivity contribution in [3.05, 3.63) is 35.4 Å². The molecule has 3 N–H and O–H groups in total. The van der Waals surface area contributed by atoms with Crippen molar-refractivity contribution in [2.24, 2.45) is 5.73 Å². The van der Waals surface area contributed by atoms with Gasteiger partial charge in [0.25, 0.3) is 0 Å². The number of carboxylic acids is 1. The Morgan fingerprint density at radius 1 is 1.26 bits per heavy atom. The van der Waals surface area contributed by atoms with Crippen LogP contribution in [0.15, 0.2) is 24.3 Å². The monoisotopic (exact) mass is 351 g/mol. The second-order valence-electron chi connectivity index (χ2n) is 4.72. The number of hydrogen-bond acceptors (Lipinski definition) is 5. The second-order valence-corrected chi connectivity index (χ2v) is 6.79. The molecule has 1 aromatic rings. The molecule has 0 saturated heterocycles. The van der Waals surface area contributed by atoms with Crippen molar-refractivity contribution in [1.29, 1.82) is 0 Å². The van der Waals surface area contributed by atoms with Gasteiger partial charge >= 0.3 is 19.2 Å². The molecule has 1 aromatic carbocycles. The molecule has 0 radical (unpaired) electrons. The summed E-state index contributed by atoms with van der Waals surface area (Å²) < 4.78 is 50.6. The van der Waals surface area contributed by atoms with Gasteiger partial charge < -0.3 is 19.9 Å². The number of hydrogen-bond donors (Lipinski definition) is 2. The van der Waals surface area contributed by atoms with E-state index in [-0.39, 0.29) is 19.6 Å². The maximum Gasteiger partial charge on any atom is 0.404 e. The topological polar surface area (TPSA) is 98.9 Å². The summed E-state index contributed by atoms with van der Waals surface area (Å²) in [4.78, 5) is 10.7. The molecule has 0 aromatic heterocycles. The molecule has 0 spiro atoms. The summed E-state index contributed by atoms with van der Waals surface area (Å²) in [5, 5.41) is 8.74. The summed E-state index contributed by atoms with van der Waals surface area (Å²) in [5.41, 5.74) is 1.52. The predicted molar refractivity (Wildman–Crippen MR) is 80.5 cm³/mol. The third-order valence-electron chi connectivity index (χ3n) is 3.02. The fourth-order valence-electron chi connectivity index (χ4n) is 1.88. The normalized spacial score (nSPS) is 13.8. The molecule has 6 nitrogen and oxygen atoms in total. The van der Waals surface area contributed by atoms with Crippen molar-refractivity contribution >= 4 is 13.6 Å². The van der Waals surface area contributed by atoms with Crippen LogP contribution in [0.2, 0.25) is 0 Å². The van der Waals surface area contributed by atoms with Gasteiger partial charge in [-0.3, -0.25) is 9.36 Å². The van der Waals surface area contributed by atoms with Crippen LogP contribution in [-0.4, -0.2) is 30.3 Å². The zero-order valence-corrected chi connectivity index (χ0v) is 13.8. The molecular formula is C14H20F2NO5P. The van der Waals surface area contributed by atoms with Gasteiger partial charge in [-0.2, -0.15) is 8.78 Å². The van der Waals surface area contributed by atoms with Crippen LogP contribution in [0.5, 0.6) is 0 Å². The molecule has 0 unspecified atom stereocenters. The minimum absolute atomic E-state index is 0.00420. The Bertz CT molecular complexity index is 569. The van der Waals surface area contributed by atoms with Crippen LogP contribution in [0.25, 0.3) is 0 Å². The van der Waals surface area contributed by atoms with E-state index in [2.05, 4.69) is 0 Å². The molecule has 1 rings (SSSR count). The number of carboxylic acid groups (broad SMARTS) is 1. The van der Waals surface area contributed by atoms with Crippen molar-refractivity contribution < 1.29 is 32.3 Å². The quantitative estimate of drug-likeness (QED) is 0.664. The van der Waals surface area contributed by atoms with E-state index in [0.717, 1.165) is 12.1 Å². The van der Waals surface area contributed by atoms with Gasteiger partial charge in [-0.05, 0) is 25.8 Å². The highest BCUT2D eigenvalue weighted by atomic mass is 31.2. The Kier molecular flexibility index (Phi) is 6.83. The van der Waals surface area contributed by atoms with E-state index in [1.807, 2.05) is 0 Å². The molecule has 23 heavy (non-hydrogen) atoms. The van der Waals surface area contributed by atoms with E-state index < -0.39 is 30.8 Å². The van der Waals surface area contributed by atoms with Crippen LogP contribution in [0.3, 0.4) is 0 Å². The number of alkyl halides is 2. The number of aliphatic carboxylic acids is 1. The third kappa shape index (κ3) is 4.57.